The Balaban J connectivity index is 1.84. The van der Waals surface area contributed by atoms with Crippen LogP contribution in [0.2, 0.25) is 0 Å². The fourth-order valence-electron chi connectivity index (χ4n) is 3.91. The summed E-state index contributed by atoms with van der Waals surface area (Å²) < 4.78 is 10.8. The first-order chi connectivity index (χ1) is 8.17. The Kier molecular flexibility index (Phi) is 3.95. The van der Waals surface area contributed by atoms with E-state index < -0.39 is 6.80 Å². The van der Waals surface area contributed by atoms with E-state index >= 15 is 0 Å². The van der Waals surface area contributed by atoms with Gasteiger partial charge in [0.15, 0.2) is 0 Å². The van der Waals surface area contributed by atoms with E-state index in [0.29, 0.717) is 29.2 Å². The second-order valence-electron chi connectivity index (χ2n) is 6.44. The second-order valence-corrected chi connectivity index (χ2v) is 10.3. The molecular weight excluding hydrogens is 269 g/mol. The maximum absolute atomic E-state index is 10.8. The molecule has 2 saturated carbocycles. The van der Waals surface area contributed by atoms with Crippen LogP contribution in [-0.2, 0) is 4.57 Å². The van der Waals surface area contributed by atoms with Gasteiger partial charge in [-0.1, -0.05) is 20.8 Å². The van der Waals surface area contributed by atoms with Crippen molar-refractivity contribution in [3.8, 4) is 0 Å². The van der Waals surface area contributed by atoms with E-state index in [-0.39, 0.29) is 0 Å². The van der Waals surface area contributed by atoms with Crippen molar-refractivity contribution in [2.45, 2.75) is 46.1 Å². The molecule has 106 valence electrons. The van der Waals surface area contributed by atoms with Crippen LogP contribution in [0.25, 0.3) is 0 Å². The summed E-state index contributed by atoms with van der Waals surface area (Å²) in [5, 5.41) is 3.52. The minimum Gasteiger partial charge on any atom is -0.317 e. The molecule has 2 aliphatic carbocycles. The maximum Gasteiger partial charge on any atom is 0.384 e. The first-order valence-electron chi connectivity index (χ1n) is 6.60. The van der Waals surface area contributed by atoms with E-state index in [1.54, 1.807) is 0 Å². The fourth-order valence-corrected chi connectivity index (χ4v) is 5.34. The first kappa shape index (κ1) is 14.9. The predicted molar refractivity (Wildman–Crippen MR) is 75.5 cm³/mol. The highest BCUT2D eigenvalue weighted by atomic mass is 32.7. The number of hydrogen-bond donors (Lipinski definition) is 3. The molecule has 0 aromatic heterocycles. The standard InChI is InChI=1S/C12H24NO3PS/c1-11(2)9-4-5-12(11,3)10(8-9)13-6-7-18-17(14,15)16/h9-10,13H,4-8H2,1-3H3,(H2,14,15,16). The molecule has 3 unspecified atom stereocenters. The molecule has 0 saturated heterocycles. The van der Waals surface area contributed by atoms with Crippen molar-refractivity contribution >= 4 is 18.2 Å². The molecule has 0 radical (unpaired) electrons. The zero-order valence-corrected chi connectivity index (χ0v) is 13.1. The van der Waals surface area contributed by atoms with Crippen molar-refractivity contribution in [3.63, 3.8) is 0 Å². The zero-order chi connectivity index (χ0) is 13.6. The van der Waals surface area contributed by atoms with Gasteiger partial charge in [-0.15, -0.1) is 0 Å². The lowest BCUT2D eigenvalue weighted by atomic mass is 9.69. The van der Waals surface area contributed by atoms with Gasteiger partial charge in [-0.2, -0.15) is 0 Å². The van der Waals surface area contributed by atoms with Gasteiger partial charge >= 0.3 is 6.80 Å². The van der Waals surface area contributed by atoms with Gasteiger partial charge in [0.1, 0.15) is 0 Å². The normalized spacial score (nSPS) is 38.3. The van der Waals surface area contributed by atoms with Crippen molar-refractivity contribution in [1.82, 2.24) is 5.32 Å². The first-order valence-corrected chi connectivity index (χ1v) is 9.80. The summed E-state index contributed by atoms with van der Waals surface area (Å²) >= 11 is 0.740. The van der Waals surface area contributed by atoms with Crippen LogP contribution in [-0.4, -0.2) is 28.1 Å². The van der Waals surface area contributed by atoms with E-state index in [2.05, 4.69) is 26.1 Å². The molecule has 0 amide bonds. The Hall–Kier alpha value is 0.460. The highest BCUT2D eigenvalue weighted by Crippen LogP contribution is 2.65. The molecule has 0 aromatic carbocycles. The van der Waals surface area contributed by atoms with Crippen molar-refractivity contribution in [1.29, 1.82) is 0 Å². The third kappa shape index (κ3) is 2.53. The van der Waals surface area contributed by atoms with Gasteiger partial charge in [-0.25, -0.2) is 4.57 Å². The molecule has 3 N–H and O–H groups in total. The van der Waals surface area contributed by atoms with Gasteiger partial charge in [0.2, 0.25) is 0 Å². The van der Waals surface area contributed by atoms with E-state index in [4.69, 9.17) is 9.79 Å². The fraction of sp³-hybridized carbons (Fsp3) is 1.00. The molecule has 2 rings (SSSR count). The molecule has 2 bridgehead atoms. The Morgan fingerprint density at radius 2 is 2.06 bits per heavy atom. The molecule has 0 aliphatic heterocycles. The molecule has 0 aromatic rings. The van der Waals surface area contributed by atoms with Crippen LogP contribution in [0.5, 0.6) is 0 Å². The van der Waals surface area contributed by atoms with Crippen molar-refractivity contribution in [2.75, 3.05) is 12.3 Å². The summed E-state index contributed by atoms with van der Waals surface area (Å²) in [6, 6.07) is 0.503. The van der Waals surface area contributed by atoms with Gasteiger partial charge in [-0.3, -0.25) is 0 Å². The minimum absolute atomic E-state index is 0.338. The molecular formula is C12H24NO3PS. The van der Waals surface area contributed by atoms with Crippen LogP contribution < -0.4 is 5.32 Å². The number of hydrogen-bond acceptors (Lipinski definition) is 3. The van der Waals surface area contributed by atoms with Crippen LogP contribution in [0.4, 0.5) is 0 Å². The maximum atomic E-state index is 10.8. The minimum atomic E-state index is -3.91. The van der Waals surface area contributed by atoms with Crippen LogP contribution >= 0.6 is 18.2 Å². The molecule has 0 spiro atoms. The monoisotopic (exact) mass is 293 g/mol. The van der Waals surface area contributed by atoms with Gasteiger partial charge in [-0.05, 0) is 47.4 Å². The van der Waals surface area contributed by atoms with Gasteiger partial charge < -0.3 is 15.1 Å². The Morgan fingerprint density at radius 1 is 1.39 bits per heavy atom. The zero-order valence-electron chi connectivity index (χ0n) is 11.3. The predicted octanol–water partition coefficient (Wildman–Crippen LogP) is 2.62. The molecule has 2 fully saturated rings. The summed E-state index contributed by atoms with van der Waals surface area (Å²) in [5.41, 5.74) is 0.728. The van der Waals surface area contributed by atoms with Crippen molar-refractivity contribution < 1.29 is 14.4 Å². The van der Waals surface area contributed by atoms with Crippen molar-refractivity contribution in [3.05, 3.63) is 0 Å². The van der Waals surface area contributed by atoms with Gasteiger partial charge in [0, 0.05) is 18.3 Å². The van der Waals surface area contributed by atoms with Crippen LogP contribution in [0.3, 0.4) is 0 Å². The van der Waals surface area contributed by atoms with Crippen LogP contribution in [0, 0.1) is 16.7 Å². The number of nitrogens with one attached hydrogen (secondary N) is 1. The lowest BCUT2D eigenvalue weighted by Crippen LogP contribution is -2.45. The Morgan fingerprint density at radius 3 is 2.50 bits per heavy atom. The molecule has 18 heavy (non-hydrogen) atoms. The van der Waals surface area contributed by atoms with Crippen LogP contribution in [0.15, 0.2) is 0 Å². The summed E-state index contributed by atoms with van der Waals surface area (Å²) in [6.45, 7) is 3.89. The van der Waals surface area contributed by atoms with Gasteiger partial charge in [0.25, 0.3) is 0 Å². The molecule has 3 atom stereocenters. The lowest BCUT2D eigenvalue weighted by molar-refractivity contribution is 0.122. The van der Waals surface area contributed by atoms with E-state index in [9.17, 15) is 4.57 Å². The Labute approximate surface area is 113 Å². The lowest BCUT2D eigenvalue weighted by Gasteiger charge is -2.39. The number of rotatable bonds is 5. The molecule has 2 aliphatic rings. The third-order valence-electron chi connectivity index (χ3n) is 5.55. The highest BCUT2D eigenvalue weighted by Gasteiger charge is 2.60. The topological polar surface area (TPSA) is 69.6 Å². The molecule has 6 heteroatoms. The summed E-state index contributed by atoms with van der Waals surface area (Å²) in [6.07, 6.45) is 3.82. The van der Waals surface area contributed by atoms with E-state index in [1.165, 1.54) is 19.3 Å². The molecule has 4 nitrogen and oxygen atoms in total. The largest absolute Gasteiger partial charge is 0.384 e. The summed E-state index contributed by atoms with van der Waals surface area (Å²) in [4.78, 5) is 17.6. The van der Waals surface area contributed by atoms with E-state index in [1.807, 2.05) is 0 Å². The van der Waals surface area contributed by atoms with Crippen LogP contribution in [0.1, 0.15) is 40.0 Å². The number of fused-ring (bicyclic) bond motifs is 2. The van der Waals surface area contributed by atoms with Gasteiger partial charge in [0.05, 0.1) is 0 Å². The average Bonchev–Trinajstić information content (AvgIpc) is 2.55. The SMILES string of the molecule is CC1(C)C2CCC1(C)C(NCCSP(=O)(O)O)C2. The second kappa shape index (κ2) is 4.78. The third-order valence-corrected chi connectivity index (χ3v) is 7.83. The molecule has 0 heterocycles. The van der Waals surface area contributed by atoms with Crippen molar-refractivity contribution in [2.24, 2.45) is 16.7 Å². The Bertz CT molecular complexity index is 370. The summed E-state index contributed by atoms with van der Waals surface area (Å²) in [7, 11) is 0. The highest BCUT2D eigenvalue weighted by molar-refractivity contribution is 8.54. The quantitative estimate of drug-likeness (QED) is 0.537. The van der Waals surface area contributed by atoms with E-state index in [0.717, 1.165) is 17.3 Å². The smallest absolute Gasteiger partial charge is 0.317 e. The average molecular weight is 293 g/mol. The summed E-state index contributed by atoms with van der Waals surface area (Å²) in [5.74, 6) is 1.27.